The van der Waals surface area contributed by atoms with Crippen LogP contribution in [0.4, 0.5) is 0 Å². The van der Waals surface area contributed by atoms with Crippen LogP contribution in [-0.4, -0.2) is 35.0 Å². The molecular formula is C9H13N3OS2. The summed E-state index contributed by atoms with van der Waals surface area (Å²) in [6, 6.07) is -0.0382. The number of hydrogen-bond donors (Lipinski definition) is 2. The van der Waals surface area contributed by atoms with E-state index in [2.05, 4.69) is 15.6 Å². The number of rotatable bonds is 3. The zero-order valence-electron chi connectivity index (χ0n) is 8.23. The van der Waals surface area contributed by atoms with Gasteiger partial charge in [0.25, 0.3) is 0 Å². The van der Waals surface area contributed by atoms with Gasteiger partial charge in [-0.25, -0.2) is 4.98 Å². The van der Waals surface area contributed by atoms with Gasteiger partial charge in [-0.2, -0.15) is 11.8 Å². The predicted octanol–water partition coefficient (Wildman–Crippen LogP) is 0.464. The van der Waals surface area contributed by atoms with Gasteiger partial charge in [-0.15, -0.1) is 11.3 Å². The number of carbonyl (C=O) groups is 1. The van der Waals surface area contributed by atoms with Crippen molar-refractivity contribution in [1.29, 1.82) is 0 Å². The van der Waals surface area contributed by atoms with Crippen LogP contribution < -0.4 is 10.6 Å². The lowest BCUT2D eigenvalue weighted by molar-refractivity contribution is -0.122. The summed E-state index contributed by atoms with van der Waals surface area (Å²) >= 11 is 3.38. The third kappa shape index (κ3) is 3.19. The Balaban J connectivity index is 1.76. The van der Waals surface area contributed by atoms with Crippen molar-refractivity contribution in [2.75, 3.05) is 18.1 Å². The van der Waals surface area contributed by atoms with Gasteiger partial charge in [0.05, 0.1) is 12.6 Å². The first kappa shape index (κ1) is 10.9. The van der Waals surface area contributed by atoms with E-state index in [4.69, 9.17) is 0 Å². The molecule has 15 heavy (non-hydrogen) atoms. The van der Waals surface area contributed by atoms with E-state index in [0.717, 1.165) is 23.1 Å². The minimum absolute atomic E-state index is 0.0382. The Morgan fingerprint density at radius 2 is 2.67 bits per heavy atom. The Hall–Kier alpha value is -0.590. The van der Waals surface area contributed by atoms with Gasteiger partial charge in [-0.1, -0.05) is 0 Å². The van der Waals surface area contributed by atoms with Crippen molar-refractivity contribution in [3.05, 3.63) is 16.6 Å². The van der Waals surface area contributed by atoms with E-state index in [-0.39, 0.29) is 11.9 Å². The highest BCUT2D eigenvalue weighted by molar-refractivity contribution is 7.99. The molecule has 6 heteroatoms. The van der Waals surface area contributed by atoms with Crippen molar-refractivity contribution >= 4 is 29.0 Å². The van der Waals surface area contributed by atoms with Crippen LogP contribution in [0.3, 0.4) is 0 Å². The molecule has 1 saturated heterocycles. The van der Waals surface area contributed by atoms with Gasteiger partial charge in [0.15, 0.2) is 0 Å². The molecule has 1 fully saturated rings. The smallest absolute Gasteiger partial charge is 0.238 e. The highest BCUT2D eigenvalue weighted by Gasteiger charge is 2.20. The number of thiazole rings is 1. The van der Waals surface area contributed by atoms with E-state index in [1.807, 2.05) is 17.1 Å². The Labute approximate surface area is 96.9 Å². The maximum Gasteiger partial charge on any atom is 0.238 e. The summed E-state index contributed by atoms with van der Waals surface area (Å²) in [7, 11) is 0. The molecule has 2 heterocycles. The standard InChI is InChI=1S/C9H13N3OS2/c13-9(7-6-14-3-1-10-7)12-5-8-11-2-4-15-8/h2,4,7,10H,1,3,5-6H2,(H,12,13). The molecule has 4 nitrogen and oxygen atoms in total. The third-order valence-corrected chi connectivity index (χ3v) is 3.98. The fourth-order valence-corrected chi connectivity index (χ4v) is 2.85. The summed E-state index contributed by atoms with van der Waals surface area (Å²) in [5.41, 5.74) is 0. The molecule has 1 atom stereocenters. The van der Waals surface area contributed by atoms with E-state index in [1.165, 1.54) is 0 Å². The Bertz CT molecular complexity index is 309. The summed E-state index contributed by atoms with van der Waals surface area (Å²) in [6.07, 6.45) is 1.75. The minimum atomic E-state index is -0.0382. The van der Waals surface area contributed by atoms with Crippen molar-refractivity contribution in [1.82, 2.24) is 15.6 Å². The molecule has 82 valence electrons. The molecule has 0 saturated carbocycles. The second-order valence-electron chi connectivity index (χ2n) is 3.23. The normalized spacial score (nSPS) is 21.2. The lowest BCUT2D eigenvalue weighted by Crippen LogP contribution is -2.48. The first-order valence-electron chi connectivity index (χ1n) is 4.83. The number of carbonyl (C=O) groups excluding carboxylic acids is 1. The van der Waals surface area contributed by atoms with Gasteiger partial charge in [-0.3, -0.25) is 4.79 Å². The molecule has 0 radical (unpaired) electrons. The van der Waals surface area contributed by atoms with E-state index < -0.39 is 0 Å². The van der Waals surface area contributed by atoms with Crippen molar-refractivity contribution < 1.29 is 4.79 Å². The number of nitrogens with zero attached hydrogens (tertiary/aromatic N) is 1. The van der Waals surface area contributed by atoms with Crippen LogP contribution >= 0.6 is 23.1 Å². The summed E-state index contributed by atoms with van der Waals surface area (Å²) in [5, 5.41) is 8.95. The number of nitrogens with one attached hydrogen (secondary N) is 2. The molecule has 1 aliphatic rings. The van der Waals surface area contributed by atoms with E-state index in [1.54, 1.807) is 17.5 Å². The number of aromatic nitrogens is 1. The van der Waals surface area contributed by atoms with Crippen LogP contribution in [-0.2, 0) is 11.3 Å². The monoisotopic (exact) mass is 243 g/mol. The maximum atomic E-state index is 11.7. The van der Waals surface area contributed by atoms with Crippen molar-refractivity contribution in [3.63, 3.8) is 0 Å². The van der Waals surface area contributed by atoms with Crippen LogP contribution in [0, 0.1) is 0 Å². The average Bonchev–Trinajstić information content (AvgIpc) is 2.80. The van der Waals surface area contributed by atoms with E-state index in [0.29, 0.717) is 6.54 Å². The maximum absolute atomic E-state index is 11.7. The van der Waals surface area contributed by atoms with Crippen LogP contribution in [0.2, 0.25) is 0 Å². The first-order chi connectivity index (χ1) is 7.36. The quantitative estimate of drug-likeness (QED) is 0.810. The summed E-state index contributed by atoms with van der Waals surface area (Å²) < 4.78 is 0. The molecule has 0 aromatic carbocycles. The first-order valence-corrected chi connectivity index (χ1v) is 6.87. The van der Waals surface area contributed by atoms with Gasteiger partial charge in [0.1, 0.15) is 5.01 Å². The van der Waals surface area contributed by atoms with Gasteiger partial charge >= 0.3 is 0 Å². The lowest BCUT2D eigenvalue weighted by atomic mass is 10.3. The molecule has 1 aromatic rings. The zero-order valence-corrected chi connectivity index (χ0v) is 9.87. The second kappa shape index (κ2) is 5.48. The van der Waals surface area contributed by atoms with Crippen LogP contribution in [0.15, 0.2) is 11.6 Å². The number of amides is 1. The van der Waals surface area contributed by atoms with E-state index in [9.17, 15) is 4.79 Å². The molecule has 2 rings (SSSR count). The topological polar surface area (TPSA) is 54.0 Å². The zero-order chi connectivity index (χ0) is 10.5. The second-order valence-corrected chi connectivity index (χ2v) is 5.35. The van der Waals surface area contributed by atoms with Gasteiger partial charge in [0.2, 0.25) is 5.91 Å². The number of hydrogen-bond acceptors (Lipinski definition) is 5. The van der Waals surface area contributed by atoms with Crippen molar-refractivity contribution in [2.24, 2.45) is 0 Å². The molecule has 1 aromatic heterocycles. The molecular weight excluding hydrogens is 230 g/mol. The van der Waals surface area contributed by atoms with Gasteiger partial charge in [-0.05, 0) is 0 Å². The third-order valence-electron chi connectivity index (χ3n) is 2.14. The Kier molecular flexibility index (Phi) is 3.99. The predicted molar refractivity (Wildman–Crippen MR) is 63.1 cm³/mol. The fraction of sp³-hybridized carbons (Fsp3) is 0.556. The van der Waals surface area contributed by atoms with Crippen LogP contribution in [0.1, 0.15) is 5.01 Å². The summed E-state index contributed by atoms with van der Waals surface area (Å²) in [6.45, 7) is 1.46. The molecule has 0 aliphatic carbocycles. The molecule has 0 spiro atoms. The summed E-state index contributed by atoms with van der Waals surface area (Å²) in [4.78, 5) is 15.8. The van der Waals surface area contributed by atoms with Crippen LogP contribution in [0.5, 0.6) is 0 Å². The summed E-state index contributed by atoms with van der Waals surface area (Å²) in [5.74, 6) is 2.04. The van der Waals surface area contributed by atoms with Gasteiger partial charge < -0.3 is 10.6 Å². The van der Waals surface area contributed by atoms with Crippen molar-refractivity contribution in [2.45, 2.75) is 12.6 Å². The highest BCUT2D eigenvalue weighted by atomic mass is 32.2. The van der Waals surface area contributed by atoms with Crippen LogP contribution in [0.25, 0.3) is 0 Å². The van der Waals surface area contributed by atoms with E-state index >= 15 is 0 Å². The molecule has 1 aliphatic heterocycles. The van der Waals surface area contributed by atoms with Crippen molar-refractivity contribution in [3.8, 4) is 0 Å². The molecule has 1 amide bonds. The lowest BCUT2D eigenvalue weighted by Gasteiger charge is -2.21. The largest absolute Gasteiger partial charge is 0.348 e. The Morgan fingerprint density at radius 1 is 1.73 bits per heavy atom. The average molecular weight is 243 g/mol. The Morgan fingerprint density at radius 3 is 3.33 bits per heavy atom. The highest BCUT2D eigenvalue weighted by Crippen LogP contribution is 2.08. The molecule has 0 bridgehead atoms. The fourth-order valence-electron chi connectivity index (χ4n) is 1.36. The number of thioether (sulfide) groups is 1. The molecule has 2 N–H and O–H groups in total. The van der Waals surface area contributed by atoms with Gasteiger partial charge in [0, 0.05) is 29.6 Å². The minimum Gasteiger partial charge on any atom is -0.348 e. The SMILES string of the molecule is O=C(NCc1nccs1)C1CSCCN1. The molecule has 1 unspecified atom stereocenters.